The van der Waals surface area contributed by atoms with Crippen LogP contribution in [0.1, 0.15) is 48.8 Å². The smallest absolute Gasteiger partial charge is 0.165 e. The van der Waals surface area contributed by atoms with Gasteiger partial charge in [0.1, 0.15) is 0 Å². The molecule has 6 heteroatoms. The Balaban J connectivity index is 0.000000211. The molecule has 1 radical (unpaired) electrons. The number of phenolic OH excluding ortho intramolecular Hbond substituents is 1. The first-order valence-corrected chi connectivity index (χ1v) is 20.2. The van der Waals surface area contributed by atoms with Crippen molar-refractivity contribution in [1.82, 2.24) is 9.97 Å². The Morgan fingerprint density at radius 3 is 2.24 bits per heavy atom. The number of hydrogen-bond donors (Lipinski definition) is 1. The Hall–Kier alpha value is -4.35. The first kappa shape index (κ1) is 32.8. The average Bonchev–Trinajstić information content (AvgIpc) is 3.52. The summed E-state index contributed by atoms with van der Waals surface area (Å²) in [5.74, 6) is -0.699. The van der Waals surface area contributed by atoms with Gasteiger partial charge in [-0.3, -0.25) is 0 Å². The van der Waals surface area contributed by atoms with Crippen LogP contribution >= 0.6 is 0 Å². The summed E-state index contributed by atoms with van der Waals surface area (Å²) in [6.07, 6.45) is 2.24. The first-order valence-electron chi connectivity index (χ1n) is 18.2. The molecule has 0 bridgehead atoms. The summed E-state index contributed by atoms with van der Waals surface area (Å²) in [6, 6.07) is 37.2. The van der Waals surface area contributed by atoms with Gasteiger partial charge in [0, 0.05) is 47.6 Å². The van der Waals surface area contributed by atoms with E-state index in [9.17, 15) is 5.11 Å². The van der Waals surface area contributed by atoms with E-state index >= 15 is 0 Å². The molecule has 0 spiro atoms. The summed E-state index contributed by atoms with van der Waals surface area (Å²) in [5.41, 5.74) is 7.50. The number of nitrogens with zero attached hydrogens (tertiary/aromatic N) is 2. The minimum absolute atomic E-state index is 0. The van der Waals surface area contributed by atoms with Crippen LogP contribution in [0.3, 0.4) is 0 Å². The van der Waals surface area contributed by atoms with Gasteiger partial charge >= 0.3 is 0 Å². The molecule has 0 saturated carbocycles. The topological polar surface area (TPSA) is 59.2 Å². The van der Waals surface area contributed by atoms with Crippen molar-refractivity contribution in [2.45, 2.75) is 59.6 Å². The third-order valence-corrected chi connectivity index (χ3v) is 10.4. The Kier molecular flexibility index (Phi) is 10.3. The number of furan rings is 1. The quantitative estimate of drug-likeness (QED) is 0.128. The van der Waals surface area contributed by atoms with Crippen LogP contribution in [0.15, 0.2) is 114 Å². The van der Waals surface area contributed by atoms with Crippen molar-refractivity contribution >= 4 is 35.2 Å². The number of benzene rings is 4. The molecule has 4 nitrogen and oxygen atoms in total. The molecular formula is C44H44IrN2O2Si-2. The second-order valence-corrected chi connectivity index (χ2v) is 18.8. The van der Waals surface area contributed by atoms with Gasteiger partial charge in [-0.15, -0.1) is 54.1 Å². The molecule has 0 unspecified atom stereocenters. The van der Waals surface area contributed by atoms with E-state index in [2.05, 4.69) is 41.7 Å². The van der Waals surface area contributed by atoms with Gasteiger partial charge in [0.25, 0.3) is 0 Å². The number of aromatic hydroxyl groups is 1. The van der Waals surface area contributed by atoms with Crippen molar-refractivity contribution in [3.8, 4) is 39.4 Å². The maximum absolute atomic E-state index is 11.0. The van der Waals surface area contributed by atoms with Gasteiger partial charge in [-0.05, 0) is 52.5 Å². The second kappa shape index (κ2) is 15.7. The van der Waals surface area contributed by atoms with Crippen molar-refractivity contribution in [1.29, 1.82) is 0 Å². The van der Waals surface area contributed by atoms with Crippen LogP contribution < -0.4 is 5.19 Å². The minimum atomic E-state index is -1.67. The van der Waals surface area contributed by atoms with E-state index in [0.29, 0.717) is 16.9 Å². The Labute approximate surface area is 315 Å². The van der Waals surface area contributed by atoms with Crippen LogP contribution in [-0.4, -0.2) is 23.1 Å². The standard InChI is InChI=1S/C26H20NO2.C18H24NSi.Ir/c1-16(2)18-13-14-27-23(15-18)22-10-6-9-20-21-12-11-19(17-7-4-3-5-8-17)24(28)26(21)29-25(20)22;1-14(2)11-16-12-17(15-9-7-6-8-10-15)19-13-18(16)20(3,4)5;/h3-9,11-16,28H,1-2H3;6-9,12-14H,11H2,1-5H3;/q2*-1;/i16D;11D2;. The number of aromatic nitrogens is 2. The van der Waals surface area contributed by atoms with Gasteiger partial charge in [0.2, 0.25) is 0 Å². The average molecular weight is 856 g/mol. The molecule has 0 saturated heterocycles. The molecule has 0 aliphatic carbocycles. The van der Waals surface area contributed by atoms with Crippen LogP contribution in [0, 0.1) is 18.1 Å². The van der Waals surface area contributed by atoms with E-state index in [4.69, 9.17) is 8.53 Å². The van der Waals surface area contributed by atoms with Crippen LogP contribution in [0.4, 0.5) is 0 Å². The van der Waals surface area contributed by atoms with Gasteiger partial charge < -0.3 is 19.5 Å². The van der Waals surface area contributed by atoms with Crippen LogP contribution in [0.2, 0.25) is 19.6 Å². The van der Waals surface area contributed by atoms with Crippen molar-refractivity contribution in [2.75, 3.05) is 0 Å². The SMILES string of the molecule is [2H]C(C)(C)c1ccnc(-c2[c-]ccc3c2oc2c(O)c(-c4ccccc4)ccc23)c1.[2H]C([2H])(c1cc(-c2[c-]cccc2)ncc1[Si](C)(C)C)C(C)C.[Ir]. The van der Waals surface area contributed by atoms with Crippen molar-refractivity contribution in [3.63, 3.8) is 0 Å². The zero-order valence-corrected chi connectivity index (χ0v) is 32.9. The molecule has 257 valence electrons. The van der Waals surface area contributed by atoms with Crippen LogP contribution in [-0.2, 0) is 26.5 Å². The largest absolute Gasteiger partial charge is 0.504 e. The molecule has 50 heavy (non-hydrogen) atoms. The maximum Gasteiger partial charge on any atom is 0.165 e. The number of hydrogen-bond acceptors (Lipinski definition) is 4. The van der Waals surface area contributed by atoms with E-state index in [1.165, 1.54) is 0 Å². The normalized spacial score (nSPS) is 12.8. The molecule has 1 N–H and O–H groups in total. The third-order valence-electron chi connectivity index (χ3n) is 8.39. The summed E-state index contributed by atoms with van der Waals surface area (Å²) in [5, 5.41) is 13.8. The maximum atomic E-state index is 11.0. The summed E-state index contributed by atoms with van der Waals surface area (Å²) < 4.78 is 31.6. The molecule has 0 atom stereocenters. The minimum Gasteiger partial charge on any atom is -0.504 e. The van der Waals surface area contributed by atoms with E-state index in [-0.39, 0.29) is 31.8 Å². The Morgan fingerprint density at radius 2 is 1.56 bits per heavy atom. The Bertz CT molecular complexity index is 2350. The number of pyridine rings is 2. The zero-order valence-electron chi connectivity index (χ0n) is 32.6. The number of fused-ring (bicyclic) bond motifs is 3. The predicted molar refractivity (Wildman–Crippen MR) is 207 cm³/mol. The van der Waals surface area contributed by atoms with Crippen LogP contribution in [0.5, 0.6) is 5.75 Å². The van der Waals surface area contributed by atoms with Gasteiger partial charge in [0.15, 0.2) is 11.3 Å². The van der Waals surface area contributed by atoms with Crippen molar-refractivity contribution in [3.05, 3.63) is 133 Å². The fourth-order valence-corrected chi connectivity index (χ4v) is 7.30. The summed E-state index contributed by atoms with van der Waals surface area (Å²) in [7, 11) is -1.67. The summed E-state index contributed by atoms with van der Waals surface area (Å²) in [4.78, 5) is 9.08. The predicted octanol–water partition coefficient (Wildman–Crippen LogP) is 11.2. The van der Waals surface area contributed by atoms with Crippen LogP contribution in [0.25, 0.3) is 55.6 Å². The van der Waals surface area contributed by atoms with Gasteiger partial charge in [-0.2, -0.15) is 0 Å². The van der Waals surface area contributed by atoms with Crippen molar-refractivity contribution < 1.29 is 33.7 Å². The van der Waals surface area contributed by atoms with Crippen molar-refractivity contribution in [2.24, 2.45) is 5.92 Å². The van der Waals surface area contributed by atoms with Gasteiger partial charge in [-0.1, -0.05) is 118 Å². The fraction of sp³-hybridized carbons (Fsp3) is 0.227. The van der Waals surface area contributed by atoms with Gasteiger partial charge in [-0.25, -0.2) is 0 Å². The molecule has 3 aromatic heterocycles. The number of phenols is 1. The molecular weight excluding hydrogens is 809 g/mol. The molecule has 0 amide bonds. The Morgan fingerprint density at radius 1 is 0.820 bits per heavy atom. The van der Waals surface area contributed by atoms with E-state index < -0.39 is 20.3 Å². The molecule has 7 aromatic rings. The molecule has 3 heterocycles. The summed E-state index contributed by atoms with van der Waals surface area (Å²) >= 11 is 0. The second-order valence-electron chi connectivity index (χ2n) is 13.8. The molecule has 4 aromatic carbocycles. The zero-order chi connectivity index (χ0) is 37.4. The monoisotopic (exact) mass is 856 g/mol. The molecule has 0 aliphatic heterocycles. The van der Waals surface area contributed by atoms with E-state index in [0.717, 1.165) is 55.0 Å². The fourth-order valence-electron chi connectivity index (χ4n) is 5.89. The van der Waals surface area contributed by atoms with E-state index in [1.54, 1.807) is 6.20 Å². The molecule has 0 fully saturated rings. The number of rotatable bonds is 7. The first-order chi connectivity index (χ1) is 24.6. The third kappa shape index (κ3) is 7.99. The molecule has 7 rings (SSSR count). The summed E-state index contributed by atoms with van der Waals surface area (Å²) in [6.45, 7) is 14.3. The molecule has 0 aliphatic rings. The van der Waals surface area contributed by atoms with E-state index in [1.807, 2.05) is 131 Å². The van der Waals surface area contributed by atoms with Gasteiger partial charge in [0.05, 0.1) is 13.7 Å².